The average Bonchev–Trinajstić information content (AvgIpc) is 2.72. The minimum absolute atomic E-state index is 0.154. The van der Waals surface area contributed by atoms with E-state index in [0.717, 1.165) is 38.8 Å². The molecule has 0 aromatic carbocycles. The summed E-state index contributed by atoms with van der Waals surface area (Å²) in [6, 6.07) is 0. The SMILES string of the molecule is COCCN=C(N)NC(=N)NCC1CCC(CNC(=N)NC(N)=NCCOC)CC1. The Balaban J connectivity index is 2.17. The standard InChI is InChI=1S/C18H38N10O2/c1-29-9-7-23-15(19)27-17(21)25-11-13-3-5-14(6-4-13)12-26-18(22)28-16(20)24-8-10-30-2/h13-14H,3-12H2,1-2H3,(H5,19,21,23,25,27)(H5,20,22,24,26,28). The number of rotatable bonds is 10. The van der Waals surface area contributed by atoms with Crippen LogP contribution in [-0.2, 0) is 9.47 Å². The number of nitrogens with zero attached hydrogens (tertiary/aromatic N) is 2. The molecule has 0 spiro atoms. The van der Waals surface area contributed by atoms with Gasteiger partial charge in [0, 0.05) is 27.3 Å². The molecule has 1 aliphatic carbocycles. The van der Waals surface area contributed by atoms with Crippen molar-refractivity contribution in [2.45, 2.75) is 25.7 Å². The van der Waals surface area contributed by atoms with Gasteiger partial charge in [-0.05, 0) is 37.5 Å². The quantitative estimate of drug-likeness (QED) is 0.123. The summed E-state index contributed by atoms with van der Waals surface area (Å²) in [5, 5.41) is 27.4. The van der Waals surface area contributed by atoms with Gasteiger partial charge in [-0.3, -0.25) is 31.4 Å². The Morgan fingerprint density at radius 1 is 0.800 bits per heavy atom. The molecule has 0 saturated heterocycles. The van der Waals surface area contributed by atoms with Gasteiger partial charge in [-0.1, -0.05) is 0 Å². The fraction of sp³-hybridized carbons (Fsp3) is 0.778. The highest BCUT2D eigenvalue weighted by molar-refractivity contribution is 5.96. The number of nitrogens with one attached hydrogen (secondary N) is 6. The maximum Gasteiger partial charge on any atom is 0.195 e. The second kappa shape index (κ2) is 15.3. The maximum atomic E-state index is 7.90. The molecule has 172 valence electrons. The van der Waals surface area contributed by atoms with Crippen molar-refractivity contribution in [2.75, 3.05) is 53.6 Å². The van der Waals surface area contributed by atoms with Crippen LogP contribution < -0.4 is 32.7 Å². The fourth-order valence-electron chi connectivity index (χ4n) is 3.07. The average molecular weight is 427 g/mol. The lowest BCUT2D eigenvalue weighted by Gasteiger charge is -2.29. The first-order valence-electron chi connectivity index (χ1n) is 10.2. The molecule has 0 amide bonds. The number of methoxy groups -OCH3 is 2. The van der Waals surface area contributed by atoms with Crippen molar-refractivity contribution < 1.29 is 9.47 Å². The number of nitrogens with two attached hydrogens (primary N) is 2. The fourth-order valence-corrected chi connectivity index (χ4v) is 3.07. The summed E-state index contributed by atoms with van der Waals surface area (Å²) >= 11 is 0. The minimum atomic E-state index is 0.154. The molecule has 0 bridgehead atoms. The minimum Gasteiger partial charge on any atom is -0.383 e. The van der Waals surface area contributed by atoms with Crippen molar-refractivity contribution in [1.82, 2.24) is 21.3 Å². The summed E-state index contributed by atoms with van der Waals surface area (Å²) in [6.07, 6.45) is 4.30. The van der Waals surface area contributed by atoms with Crippen LogP contribution in [0.2, 0.25) is 0 Å². The highest BCUT2D eigenvalue weighted by Crippen LogP contribution is 2.27. The molecular weight excluding hydrogens is 388 g/mol. The molecule has 0 atom stereocenters. The van der Waals surface area contributed by atoms with Crippen LogP contribution in [0.5, 0.6) is 0 Å². The van der Waals surface area contributed by atoms with Gasteiger partial charge in [0.15, 0.2) is 23.8 Å². The smallest absolute Gasteiger partial charge is 0.195 e. The van der Waals surface area contributed by atoms with Crippen molar-refractivity contribution in [3.63, 3.8) is 0 Å². The number of hydrogen-bond acceptors (Lipinski definition) is 6. The van der Waals surface area contributed by atoms with Crippen molar-refractivity contribution >= 4 is 23.8 Å². The lowest BCUT2D eigenvalue weighted by atomic mass is 9.82. The van der Waals surface area contributed by atoms with E-state index in [1.165, 1.54) is 0 Å². The van der Waals surface area contributed by atoms with Crippen LogP contribution >= 0.6 is 0 Å². The molecule has 0 aromatic heterocycles. The first-order valence-corrected chi connectivity index (χ1v) is 10.2. The topological polar surface area (TPSA) is 191 Å². The van der Waals surface area contributed by atoms with E-state index in [9.17, 15) is 0 Å². The van der Waals surface area contributed by atoms with Gasteiger partial charge in [0.05, 0.1) is 26.3 Å². The first-order chi connectivity index (χ1) is 14.4. The Labute approximate surface area is 178 Å². The van der Waals surface area contributed by atoms with Gasteiger partial charge in [0.25, 0.3) is 0 Å². The predicted octanol–water partition coefficient (Wildman–Crippen LogP) is -1.06. The van der Waals surface area contributed by atoms with Gasteiger partial charge in [-0.15, -0.1) is 0 Å². The molecule has 0 aromatic rings. The van der Waals surface area contributed by atoms with Crippen LogP contribution in [0.25, 0.3) is 0 Å². The van der Waals surface area contributed by atoms with Gasteiger partial charge in [-0.2, -0.15) is 0 Å². The Bertz CT molecular complexity index is 523. The van der Waals surface area contributed by atoms with E-state index in [1.54, 1.807) is 14.2 Å². The zero-order valence-corrected chi connectivity index (χ0v) is 18.1. The molecule has 12 heteroatoms. The molecule has 0 heterocycles. The molecule has 1 fully saturated rings. The number of aliphatic imine (C=N–C) groups is 2. The Hall–Kier alpha value is -2.60. The summed E-state index contributed by atoms with van der Waals surface area (Å²) in [6.45, 7) is 3.35. The van der Waals surface area contributed by atoms with Crippen LogP contribution in [0.3, 0.4) is 0 Å². The van der Waals surface area contributed by atoms with E-state index in [0.29, 0.717) is 38.1 Å². The van der Waals surface area contributed by atoms with E-state index < -0.39 is 0 Å². The van der Waals surface area contributed by atoms with E-state index in [1.807, 2.05) is 0 Å². The van der Waals surface area contributed by atoms with E-state index in [4.69, 9.17) is 31.8 Å². The number of guanidine groups is 4. The first kappa shape index (κ1) is 25.4. The predicted molar refractivity (Wildman–Crippen MR) is 120 cm³/mol. The lowest BCUT2D eigenvalue weighted by molar-refractivity contribution is 0.208. The molecule has 0 unspecified atom stereocenters. The maximum absolute atomic E-state index is 7.90. The van der Waals surface area contributed by atoms with Crippen molar-refractivity contribution in [3.05, 3.63) is 0 Å². The summed E-state index contributed by atoms with van der Waals surface area (Å²) < 4.78 is 9.81. The van der Waals surface area contributed by atoms with E-state index in [-0.39, 0.29) is 23.8 Å². The molecule has 0 aliphatic heterocycles. The van der Waals surface area contributed by atoms with Crippen molar-refractivity contribution in [3.8, 4) is 0 Å². The van der Waals surface area contributed by atoms with E-state index in [2.05, 4.69) is 31.3 Å². The van der Waals surface area contributed by atoms with Crippen LogP contribution in [0.1, 0.15) is 25.7 Å². The zero-order chi connectivity index (χ0) is 22.2. The van der Waals surface area contributed by atoms with Crippen molar-refractivity contribution in [2.24, 2.45) is 33.3 Å². The number of ether oxygens (including phenoxy) is 2. The highest BCUT2D eigenvalue weighted by atomic mass is 16.5. The highest BCUT2D eigenvalue weighted by Gasteiger charge is 2.21. The third kappa shape index (κ3) is 12.1. The van der Waals surface area contributed by atoms with Crippen molar-refractivity contribution in [1.29, 1.82) is 10.8 Å². The summed E-state index contributed by atoms with van der Waals surface area (Å²) in [5.74, 6) is 1.75. The number of hydrogen-bond donors (Lipinski definition) is 8. The summed E-state index contributed by atoms with van der Waals surface area (Å²) in [5.41, 5.74) is 11.4. The molecule has 0 radical (unpaired) electrons. The molecule has 30 heavy (non-hydrogen) atoms. The third-order valence-electron chi connectivity index (χ3n) is 4.76. The van der Waals surface area contributed by atoms with Crippen LogP contribution in [0, 0.1) is 22.7 Å². The molecule has 10 N–H and O–H groups in total. The Kier molecular flexibility index (Phi) is 12.9. The lowest BCUT2D eigenvalue weighted by Crippen LogP contribution is -2.46. The molecule has 12 nitrogen and oxygen atoms in total. The van der Waals surface area contributed by atoms with E-state index >= 15 is 0 Å². The van der Waals surface area contributed by atoms with Gasteiger partial charge >= 0.3 is 0 Å². The second-order valence-corrected chi connectivity index (χ2v) is 7.17. The Morgan fingerprint density at radius 2 is 1.17 bits per heavy atom. The molecule has 1 saturated carbocycles. The largest absolute Gasteiger partial charge is 0.383 e. The molecule has 1 aliphatic rings. The third-order valence-corrected chi connectivity index (χ3v) is 4.76. The van der Waals surface area contributed by atoms with Gasteiger partial charge < -0.3 is 31.6 Å². The van der Waals surface area contributed by atoms with Crippen LogP contribution in [0.4, 0.5) is 0 Å². The molecular formula is C18H38N10O2. The summed E-state index contributed by atoms with van der Waals surface area (Å²) in [4.78, 5) is 8.11. The second-order valence-electron chi connectivity index (χ2n) is 7.17. The zero-order valence-electron chi connectivity index (χ0n) is 18.1. The van der Waals surface area contributed by atoms with Gasteiger partial charge in [0.2, 0.25) is 0 Å². The summed E-state index contributed by atoms with van der Waals surface area (Å²) in [7, 11) is 3.20. The normalized spacial score (nSPS) is 19.8. The van der Waals surface area contributed by atoms with Gasteiger partial charge in [0.1, 0.15) is 0 Å². The van der Waals surface area contributed by atoms with Crippen LogP contribution in [0.15, 0.2) is 9.98 Å². The van der Waals surface area contributed by atoms with Crippen LogP contribution in [-0.4, -0.2) is 77.5 Å². The Morgan fingerprint density at radius 3 is 1.50 bits per heavy atom. The van der Waals surface area contributed by atoms with Gasteiger partial charge in [-0.25, -0.2) is 0 Å². The molecule has 1 rings (SSSR count). The monoisotopic (exact) mass is 426 g/mol.